The van der Waals surface area contributed by atoms with Crippen LogP contribution in [0.2, 0.25) is 5.02 Å². The summed E-state index contributed by atoms with van der Waals surface area (Å²) in [6.07, 6.45) is 2.32. The van der Waals surface area contributed by atoms with Crippen molar-refractivity contribution in [3.05, 3.63) is 28.8 Å². The van der Waals surface area contributed by atoms with Crippen LogP contribution in [0.25, 0.3) is 0 Å². The van der Waals surface area contributed by atoms with Crippen molar-refractivity contribution < 1.29 is 8.78 Å². The third-order valence-corrected chi connectivity index (χ3v) is 3.49. The van der Waals surface area contributed by atoms with E-state index < -0.39 is 5.92 Å². The first-order valence-electron chi connectivity index (χ1n) is 6.12. The Morgan fingerprint density at radius 1 is 1.50 bits per heavy atom. The Kier molecular flexibility index (Phi) is 4.07. The van der Waals surface area contributed by atoms with Crippen LogP contribution in [-0.4, -0.2) is 19.1 Å². The molecule has 0 spiro atoms. The Morgan fingerprint density at radius 2 is 2.28 bits per heavy atom. The number of hydrogen-bond donors (Lipinski definition) is 2. The van der Waals surface area contributed by atoms with Crippen LogP contribution in [0.1, 0.15) is 25.3 Å². The lowest BCUT2D eigenvalue weighted by Crippen LogP contribution is -2.29. The normalized spacial score (nSPS) is 20.1. The summed E-state index contributed by atoms with van der Waals surface area (Å²) in [5.41, 5.74) is 0.649. The van der Waals surface area contributed by atoms with Gasteiger partial charge in [-0.25, -0.2) is 8.78 Å². The van der Waals surface area contributed by atoms with Gasteiger partial charge in [0.2, 0.25) is 0 Å². The molecule has 0 radical (unpaired) electrons. The van der Waals surface area contributed by atoms with Gasteiger partial charge in [-0.15, -0.1) is 0 Å². The molecule has 0 aliphatic carbocycles. The van der Waals surface area contributed by atoms with E-state index in [1.54, 1.807) is 6.07 Å². The van der Waals surface area contributed by atoms with Crippen LogP contribution in [-0.2, 0) is 5.92 Å². The molecule has 1 aromatic rings. The van der Waals surface area contributed by atoms with Gasteiger partial charge >= 0.3 is 0 Å². The minimum atomic E-state index is -2.85. The number of alkyl halides is 2. The third kappa shape index (κ3) is 3.33. The van der Waals surface area contributed by atoms with E-state index in [-0.39, 0.29) is 5.56 Å². The number of halogens is 3. The van der Waals surface area contributed by atoms with Gasteiger partial charge in [-0.1, -0.05) is 17.7 Å². The molecule has 0 amide bonds. The first-order chi connectivity index (χ1) is 8.47. The van der Waals surface area contributed by atoms with Gasteiger partial charge in [0.25, 0.3) is 5.92 Å². The predicted molar refractivity (Wildman–Crippen MR) is 70.5 cm³/mol. The molecule has 2 nitrogen and oxygen atoms in total. The molecule has 1 atom stereocenters. The van der Waals surface area contributed by atoms with Crippen molar-refractivity contribution in [2.45, 2.75) is 31.7 Å². The van der Waals surface area contributed by atoms with Gasteiger partial charge < -0.3 is 10.6 Å². The molecule has 2 N–H and O–H groups in total. The molecule has 1 unspecified atom stereocenters. The number of rotatable bonds is 4. The molecule has 1 heterocycles. The zero-order valence-electron chi connectivity index (χ0n) is 10.3. The molecule has 1 aliphatic heterocycles. The Hall–Kier alpha value is -0.870. The van der Waals surface area contributed by atoms with Crippen LogP contribution in [0.4, 0.5) is 14.5 Å². The van der Waals surface area contributed by atoms with Crippen molar-refractivity contribution in [2.75, 3.05) is 18.4 Å². The number of nitrogens with one attached hydrogen (secondary N) is 2. The lowest BCUT2D eigenvalue weighted by Gasteiger charge is -2.16. The Bertz CT molecular complexity index is 412. The largest absolute Gasteiger partial charge is 0.382 e. The fraction of sp³-hybridized carbons (Fsp3) is 0.538. The van der Waals surface area contributed by atoms with Crippen LogP contribution in [0.15, 0.2) is 18.2 Å². The van der Waals surface area contributed by atoms with Crippen LogP contribution >= 0.6 is 11.6 Å². The molecule has 0 aromatic heterocycles. The smallest absolute Gasteiger partial charge is 0.270 e. The second kappa shape index (κ2) is 5.41. The first kappa shape index (κ1) is 13.6. The maximum Gasteiger partial charge on any atom is 0.270 e. The van der Waals surface area contributed by atoms with E-state index in [9.17, 15) is 8.78 Å². The highest BCUT2D eigenvalue weighted by Crippen LogP contribution is 2.32. The molecule has 18 heavy (non-hydrogen) atoms. The fourth-order valence-corrected chi connectivity index (χ4v) is 2.34. The first-order valence-corrected chi connectivity index (χ1v) is 6.50. The van der Waals surface area contributed by atoms with Gasteiger partial charge in [0.05, 0.1) is 10.7 Å². The average Bonchev–Trinajstić information content (AvgIpc) is 2.79. The van der Waals surface area contributed by atoms with E-state index in [1.165, 1.54) is 18.6 Å². The zero-order valence-corrected chi connectivity index (χ0v) is 11.0. The standard InChI is InChI=1S/C13H17ClF2N2/c1-13(15,16)9-4-5-12(11(14)7-9)18-8-10-3-2-6-17-10/h4-5,7,10,17-18H,2-3,6,8H2,1H3. The second-order valence-electron chi connectivity index (χ2n) is 4.76. The summed E-state index contributed by atoms with van der Waals surface area (Å²) < 4.78 is 26.2. The van der Waals surface area contributed by atoms with E-state index in [1.807, 2.05) is 0 Å². The van der Waals surface area contributed by atoms with Crippen molar-refractivity contribution in [2.24, 2.45) is 0 Å². The van der Waals surface area contributed by atoms with E-state index in [2.05, 4.69) is 10.6 Å². The molecule has 5 heteroatoms. The summed E-state index contributed by atoms with van der Waals surface area (Å²) in [7, 11) is 0. The van der Waals surface area contributed by atoms with Crippen molar-refractivity contribution in [1.29, 1.82) is 0 Å². The van der Waals surface area contributed by atoms with Crippen molar-refractivity contribution in [1.82, 2.24) is 5.32 Å². The summed E-state index contributed by atoms with van der Waals surface area (Å²) in [5, 5.41) is 6.89. The van der Waals surface area contributed by atoms with Gasteiger partial charge in [-0.05, 0) is 31.5 Å². The highest BCUT2D eigenvalue weighted by atomic mass is 35.5. The van der Waals surface area contributed by atoms with Gasteiger partial charge in [-0.3, -0.25) is 0 Å². The Labute approximate surface area is 111 Å². The Morgan fingerprint density at radius 3 is 2.83 bits per heavy atom. The van der Waals surface area contributed by atoms with Crippen molar-refractivity contribution in [3.8, 4) is 0 Å². The fourth-order valence-electron chi connectivity index (χ4n) is 2.10. The quantitative estimate of drug-likeness (QED) is 0.876. The van der Waals surface area contributed by atoms with Crippen LogP contribution in [0, 0.1) is 0 Å². The molecule has 0 bridgehead atoms. The summed E-state index contributed by atoms with van der Waals surface area (Å²) in [4.78, 5) is 0. The molecule has 1 aromatic carbocycles. The highest BCUT2D eigenvalue weighted by Gasteiger charge is 2.25. The topological polar surface area (TPSA) is 24.1 Å². The van der Waals surface area contributed by atoms with E-state index in [0.29, 0.717) is 16.8 Å². The predicted octanol–water partition coefficient (Wildman–Crippen LogP) is 3.62. The van der Waals surface area contributed by atoms with E-state index >= 15 is 0 Å². The lowest BCUT2D eigenvalue weighted by molar-refractivity contribution is 0.0175. The van der Waals surface area contributed by atoms with Gasteiger partial charge in [-0.2, -0.15) is 0 Å². The van der Waals surface area contributed by atoms with E-state index in [4.69, 9.17) is 11.6 Å². The molecule has 1 fully saturated rings. The summed E-state index contributed by atoms with van der Waals surface area (Å²) >= 11 is 6.00. The van der Waals surface area contributed by atoms with Crippen LogP contribution < -0.4 is 10.6 Å². The number of anilines is 1. The molecule has 100 valence electrons. The minimum absolute atomic E-state index is 0.0583. The lowest BCUT2D eigenvalue weighted by atomic mass is 10.1. The maximum absolute atomic E-state index is 13.1. The summed E-state index contributed by atoms with van der Waals surface area (Å²) in [6.45, 7) is 2.68. The van der Waals surface area contributed by atoms with Gasteiger partial charge in [0.15, 0.2) is 0 Å². The maximum atomic E-state index is 13.1. The minimum Gasteiger partial charge on any atom is -0.382 e. The van der Waals surface area contributed by atoms with Crippen LogP contribution in [0.5, 0.6) is 0 Å². The van der Waals surface area contributed by atoms with Gasteiger partial charge in [0, 0.05) is 25.1 Å². The third-order valence-electron chi connectivity index (χ3n) is 3.18. The summed E-state index contributed by atoms with van der Waals surface area (Å²) in [6, 6.07) is 4.79. The van der Waals surface area contributed by atoms with Crippen LogP contribution in [0.3, 0.4) is 0 Å². The molecule has 0 saturated carbocycles. The van der Waals surface area contributed by atoms with Gasteiger partial charge in [0.1, 0.15) is 0 Å². The average molecular weight is 275 g/mol. The number of hydrogen-bond acceptors (Lipinski definition) is 2. The molecule has 1 aliphatic rings. The van der Waals surface area contributed by atoms with Crippen molar-refractivity contribution >= 4 is 17.3 Å². The number of benzene rings is 1. The molecular formula is C13H17ClF2N2. The second-order valence-corrected chi connectivity index (χ2v) is 5.16. The summed E-state index contributed by atoms with van der Waals surface area (Å²) in [5.74, 6) is -2.85. The molecule has 1 saturated heterocycles. The Balaban J connectivity index is 2.01. The molecule has 2 rings (SSSR count). The monoisotopic (exact) mass is 274 g/mol. The SMILES string of the molecule is CC(F)(F)c1ccc(NCC2CCCN2)c(Cl)c1. The van der Waals surface area contributed by atoms with Crippen molar-refractivity contribution in [3.63, 3.8) is 0 Å². The highest BCUT2D eigenvalue weighted by molar-refractivity contribution is 6.33. The molecular weight excluding hydrogens is 258 g/mol. The zero-order chi connectivity index (χ0) is 13.2. The van der Waals surface area contributed by atoms with E-state index in [0.717, 1.165) is 26.4 Å².